The number of fused-ring (bicyclic) bond motifs is 1. The van der Waals surface area contributed by atoms with Gasteiger partial charge in [0.1, 0.15) is 5.03 Å². The van der Waals surface area contributed by atoms with E-state index in [0.29, 0.717) is 21.3 Å². The van der Waals surface area contributed by atoms with E-state index in [1.54, 1.807) is 30.5 Å². The number of anilines is 1. The zero-order valence-corrected chi connectivity index (χ0v) is 12.3. The van der Waals surface area contributed by atoms with E-state index in [0.717, 1.165) is 9.92 Å². The summed E-state index contributed by atoms with van der Waals surface area (Å²) in [6.45, 7) is 0. The maximum Gasteiger partial charge on any atom is 0.257 e. The monoisotopic (exact) mass is 326 g/mol. The van der Waals surface area contributed by atoms with Crippen LogP contribution in [0.2, 0.25) is 10.0 Å². The molecule has 2 heterocycles. The predicted molar refractivity (Wildman–Crippen MR) is 78.4 cm³/mol. The molecule has 1 aromatic heterocycles. The third-order valence-corrected chi connectivity index (χ3v) is 4.48. The van der Waals surface area contributed by atoms with Crippen molar-refractivity contribution in [2.45, 2.75) is 16.0 Å². The summed E-state index contributed by atoms with van der Waals surface area (Å²) in [5, 5.41) is 14.0. The number of benzene rings is 1. The number of carbonyl (C=O) groups excluding carboxylic acids is 1. The number of rotatable bonds is 2. The highest BCUT2D eigenvalue weighted by Gasteiger charge is 2.29. The van der Waals surface area contributed by atoms with Gasteiger partial charge in [-0.15, -0.1) is 0 Å². The Hall–Kier alpha value is -1.27. The van der Waals surface area contributed by atoms with E-state index in [2.05, 4.69) is 10.3 Å². The van der Waals surface area contributed by atoms with Gasteiger partial charge in [0, 0.05) is 22.3 Å². The summed E-state index contributed by atoms with van der Waals surface area (Å²) in [7, 11) is 0. The second kappa shape index (κ2) is 5.26. The lowest BCUT2D eigenvalue weighted by atomic mass is 10.1. The first kappa shape index (κ1) is 13.7. The number of hydrogen-bond acceptors (Lipinski definition) is 4. The zero-order valence-electron chi connectivity index (χ0n) is 9.93. The average molecular weight is 327 g/mol. The Morgan fingerprint density at radius 2 is 2.10 bits per heavy atom. The van der Waals surface area contributed by atoms with Crippen LogP contribution in [-0.2, 0) is 4.79 Å². The summed E-state index contributed by atoms with van der Waals surface area (Å²) in [5.41, 5.74) is 1.07. The fourth-order valence-electron chi connectivity index (χ4n) is 1.86. The first-order chi connectivity index (χ1) is 9.54. The lowest BCUT2D eigenvalue weighted by molar-refractivity contribution is -0.123. The molecule has 1 atom stereocenters. The summed E-state index contributed by atoms with van der Waals surface area (Å²) in [6.07, 6.45) is 0.395. The van der Waals surface area contributed by atoms with Crippen molar-refractivity contribution < 1.29 is 9.90 Å². The normalized spacial score (nSPS) is 16.9. The summed E-state index contributed by atoms with van der Waals surface area (Å²) >= 11 is 13.3. The van der Waals surface area contributed by atoms with Gasteiger partial charge in [0.25, 0.3) is 5.91 Å². The summed E-state index contributed by atoms with van der Waals surface area (Å²) in [6, 6.07) is 6.85. The molecule has 0 fully saturated rings. The topological polar surface area (TPSA) is 62.2 Å². The molecular formula is C13H8Cl2N2O2S. The molecule has 1 unspecified atom stereocenters. The lowest BCUT2D eigenvalue weighted by Crippen LogP contribution is -2.10. The van der Waals surface area contributed by atoms with Gasteiger partial charge in [-0.25, -0.2) is 4.98 Å². The molecule has 0 aliphatic carbocycles. The second-order valence-electron chi connectivity index (χ2n) is 4.18. The third kappa shape index (κ3) is 2.50. The number of hydrogen-bond donors (Lipinski definition) is 2. The molecule has 0 spiro atoms. The van der Waals surface area contributed by atoms with Crippen LogP contribution >= 0.6 is 35.0 Å². The number of carbonyl (C=O) groups is 1. The van der Waals surface area contributed by atoms with Gasteiger partial charge in [0.15, 0.2) is 6.10 Å². The predicted octanol–water partition coefficient (Wildman–Crippen LogP) is 3.53. The summed E-state index contributed by atoms with van der Waals surface area (Å²) in [4.78, 5) is 16.3. The number of pyridine rings is 1. The van der Waals surface area contributed by atoms with Crippen LogP contribution in [0.3, 0.4) is 0 Å². The van der Waals surface area contributed by atoms with Crippen molar-refractivity contribution in [3.05, 3.63) is 46.1 Å². The number of aromatic nitrogens is 1. The molecule has 2 aromatic rings. The van der Waals surface area contributed by atoms with Crippen LogP contribution < -0.4 is 5.32 Å². The Morgan fingerprint density at radius 1 is 1.30 bits per heavy atom. The van der Waals surface area contributed by atoms with Crippen LogP contribution in [0, 0.1) is 0 Å². The van der Waals surface area contributed by atoms with E-state index >= 15 is 0 Å². The molecule has 0 saturated heterocycles. The second-order valence-corrected chi connectivity index (χ2v) is 6.08. The number of nitrogens with zero attached hydrogens (tertiary/aromatic N) is 1. The van der Waals surface area contributed by atoms with Crippen molar-refractivity contribution in [1.29, 1.82) is 0 Å². The highest BCUT2D eigenvalue weighted by Crippen LogP contribution is 2.40. The fraction of sp³-hybridized carbons (Fsp3) is 0.0769. The molecule has 1 aliphatic heterocycles. The molecule has 2 N–H and O–H groups in total. The Kier molecular flexibility index (Phi) is 3.60. The zero-order chi connectivity index (χ0) is 14.3. The highest BCUT2D eigenvalue weighted by atomic mass is 35.5. The van der Waals surface area contributed by atoms with Gasteiger partial charge in [0.2, 0.25) is 0 Å². The molecule has 0 saturated carbocycles. The quantitative estimate of drug-likeness (QED) is 0.886. The molecule has 20 heavy (non-hydrogen) atoms. The fourth-order valence-corrected chi connectivity index (χ4v) is 3.06. The maximum atomic E-state index is 11.4. The minimum absolute atomic E-state index is 0.442. The van der Waals surface area contributed by atoms with Crippen LogP contribution in [-0.4, -0.2) is 16.0 Å². The molecule has 1 aromatic carbocycles. The van der Waals surface area contributed by atoms with Gasteiger partial charge < -0.3 is 10.4 Å². The molecular weight excluding hydrogens is 319 g/mol. The van der Waals surface area contributed by atoms with Crippen LogP contribution in [0.15, 0.2) is 40.4 Å². The minimum atomic E-state index is -1.16. The van der Waals surface area contributed by atoms with E-state index in [1.807, 2.05) is 0 Å². The van der Waals surface area contributed by atoms with E-state index in [-0.39, 0.29) is 0 Å². The molecule has 7 heteroatoms. The van der Waals surface area contributed by atoms with Gasteiger partial charge in [-0.2, -0.15) is 0 Å². The van der Waals surface area contributed by atoms with Gasteiger partial charge in [-0.05, 0) is 24.3 Å². The maximum absolute atomic E-state index is 11.4. The number of amides is 1. The van der Waals surface area contributed by atoms with Crippen LogP contribution in [0.4, 0.5) is 5.69 Å². The van der Waals surface area contributed by atoms with E-state index in [1.165, 1.54) is 11.8 Å². The average Bonchev–Trinajstić information content (AvgIpc) is 2.69. The SMILES string of the molecule is O=C1Nc2cc(Sc3ccc(Cl)cn3)c(Cl)cc2C1O. The standard InChI is InChI=1S/C13H8Cl2N2O2S/c14-6-1-2-11(16-5-6)20-10-4-9-7(3-8(10)15)12(18)13(19)17-9/h1-5,12,18H,(H,17,19). The van der Waals surface area contributed by atoms with Crippen molar-refractivity contribution in [2.24, 2.45) is 0 Å². The summed E-state index contributed by atoms with van der Waals surface area (Å²) < 4.78 is 0. The van der Waals surface area contributed by atoms with Crippen molar-refractivity contribution in [3.63, 3.8) is 0 Å². The number of halogens is 2. The Morgan fingerprint density at radius 3 is 2.80 bits per heavy atom. The van der Waals surface area contributed by atoms with Crippen molar-refractivity contribution >= 4 is 46.6 Å². The van der Waals surface area contributed by atoms with E-state index in [4.69, 9.17) is 23.2 Å². The molecule has 4 nitrogen and oxygen atoms in total. The first-order valence-electron chi connectivity index (χ1n) is 5.66. The lowest BCUT2D eigenvalue weighted by Gasteiger charge is -2.07. The molecule has 1 aliphatic rings. The molecule has 102 valence electrons. The van der Waals surface area contributed by atoms with Gasteiger partial charge in [-0.1, -0.05) is 35.0 Å². The van der Waals surface area contributed by atoms with Gasteiger partial charge >= 0.3 is 0 Å². The van der Waals surface area contributed by atoms with Gasteiger partial charge in [0.05, 0.1) is 10.0 Å². The van der Waals surface area contributed by atoms with Crippen molar-refractivity contribution in [1.82, 2.24) is 4.98 Å². The van der Waals surface area contributed by atoms with Crippen molar-refractivity contribution in [2.75, 3.05) is 5.32 Å². The first-order valence-corrected chi connectivity index (χ1v) is 7.23. The molecule has 0 bridgehead atoms. The van der Waals surface area contributed by atoms with E-state index < -0.39 is 12.0 Å². The minimum Gasteiger partial charge on any atom is -0.378 e. The van der Waals surface area contributed by atoms with Crippen LogP contribution in [0.25, 0.3) is 0 Å². The van der Waals surface area contributed by atoms with Gasteiger partial charge in [-0.3, -0.25) is 4.79 Å². The molecule has 0 radical (unpaired) electrons. The Balaban J connectivity index is 1.94. The third-order valence-electron chi connectivity index (χ3n) is 2.82. The highest BCUT2D eigenvalue weighted by molar-refractivity contribution is 7.99. The van der Waals surface area contributed by atoms with Crippen LogP contribution in [0.1, 0.15) is 11.7 Å². The van der Waals surface area contributed by atoms with Crippen molar-refractivity contribution in [3.8, 4) is 0 Å². The Bertz CT molecular complexity index is 692. The molecule has 3 rings (SSSR count). The van der Waals surface area contributed by atoms with E-state index in [9.17, 15) is 9.90 Å². The number of aliphatic hydroxyl groups excluding tert-OH is 1. The summed E-state index contributed by atoms with van der Waals surface area (Å²) in [5.74, 6) is -0.442. The largest absolute Gasteiger partial charge is 0.378 e. The van der Waals surface area contributed by atoms with Crippen LogP contribution in [0.5, 0.6) is 0 Å². The smallest absolute Gasteiger partial charge is 0.257 e. The number of nitrogens with one attached hydrogen (secondary N) is 1. The Labute approximate surface area is 129 Å². The number of aliphatic hydroxyl groups is 1. The molecule has 1 amide bonds.